The Bertz CT molecular complexity index is 747. The molecule has 7 heteroatoms. The van der Waals surface area contributed by atoms with Crippen LogP contribution < -0.4 is 15.1 Å². The number of halogens is 3. The molecule has 4 nitrogen and oxygen atoms in total. The number of anilines is 2. The Kier molecular flexibility index (Phi) is 5.23. The summed E-state index contributed by atoms with van der Waals surface area (Å²) in [5.41, 5.74) is 0.807. The van der Waals surface area contributed by atoms with Gasteiger partial charge in [-0.1, -0.05) is 18.2 Å². The van der Waals surface area contributed by atoms with Crippen molar-refractivity contribution in [3.05, 3.63) is 59.9 Å². The van der Waals surface area contributed by atoms with E-state index in [9.17, 15) is 18.0 Å². The molecule has 0 bridgehead atoms. The van der Waals surface area contributed by atoms with Crippen LogP contribution in [0.1, 0.15) is 0 Å². The molecule has 0 aromatic heterocycles. The third kappa shape index (κ3) is 4.11. The Labute approximate surface area is 143 Å². The predicted molar refractivity (Wildman–Crippen MR) is 89.2 cm³/mol. The molecule has 0 unspecified atom stereocenters. The first kappa shape index (κ1) is 17.3. The number of rotatable bonds is 4. The SMILES string of the molecule is O=C(C[NH+]1CCN(c2ccccc2)CC1)Nc1ccc(F)c(F)c1F. The van der Waals surface area contributed by atoms with Gasteiger partial charge in [-0.15, -0.1) is 0 Å². The molecule has 2 N–H and O–H groups in total. The summed E-state index contributed by atoms with van der Waals surface area (Å²) in [5.74, 6) is -4.66. The van der Waals surface area contributed by atoms with Crippen molar-refractivity contribution in [3.8, 4) is 0 Å². The monoisotopic (exact) mass is 350 g/mol. The normalized spacial score (nSPS) is 15.2. The number of quaternary nitrogens is 1. The fourth-order valence-corrected chi connectivity index (χ4v) is 2.94. The number of hydrogen-bond donors (Lipinski definition) is 2. The molecule has 3 rings (SSSR count). The predicted octanol–water partition coefficient (Wildman–Crippen LogP) is 1.45. The summed E-state index contributed by atoms with van der Waals surface area (Å²) in [6, 6.07) is 11.8. The standard InChI is InChI=1S/C18H18F3N3O/c19-14-6-7-15(18(21)17(14)20)22-16(25)12-23-8-10-24(11-9-23)13-4-2-1-3-5-13/h1-7H,8-12H2,(H,22,25)/p+1. The van der Waals surface area contributed by atoms with Crippen LogP contribution in [-0.4, -0.2) is 38.6 Å². The highest BCUT2D eigenvalue weighted by Gasteiger charge is 2.23. The number of hydrogen-bond acceptors (Lipinski definition) is 2. The van der Waals surface area contributed by atoms with E-state index in [0.29, 0.717) is 0 Å². The number of piperazine rings is 1. The number of nitrogens with zero attached hydrogens (tertiary/aromatic N) is 1. The quantitative estimate of drug-likeness (QED) is 0.819. The van der Waals surface area contributed by atoms with Gasteiger partial charge in [0, 0.05) is 5.69 Å². The average molecular weight is 350 g/mol. The number of benzene rings is 2. The van der Waals surface area contributed by atoms with Crippen molar-refractivity contribution >= 4 is 17.3 Å². The molecule has 25 heavy (non-hydrogen) atoms. The fraction of sp³-hybridized carbons (Fsp3) is 0.278. The molecular formula is C18H19F3N3O+. The summed E-state index contributed by atoms with van der Waals surface area (Å²) >= 11 is 0. The molecule has 0 atom stereocenters. The third-order valence-corrected chi connectivity index (χ3v) is 4.31. The van der Waals surface area contributed by atoms with Gasteiger partial charge in [0.15, 0.2) is 24.0 Å². The van der Waals surface area contributed by atoms with E-state index in [0.717, 1.165) is 48.9 Å². The van der Waals surface area contributed by atoms with E-state index in [1.807, 2.05) is 30.3 Å². The molecular weight excluding hydrogens is 331 g/mol. The lowest BCUT2D eigenvalue weighted by Crippen LogP contribution is -3.15. The van der Waals surface area contributed by atoms with Gasteiger partial charge in [0.1, 0.15) is 0 Å². The van der Waals surface area contributed by atoms with E-state index >= 15 is 0 Å². The van der Waals surface area contributed by atoms with Crippen molar-refractivity contribution in [2.24, 2.45) is 0 Å². The highest BCUT2D eigenvalue weighted by molar-refractivity contribution is 5.91. The molecule has 0 aliphatic carbocycles. The van der Waals surface area contributed by atoms with Crippen molar-refractivity contribution in [2.45, 2.75) is 0 Å². The van der Waals surface area contributed by atoms with Crippen molar-refractivity contribution in [2.75, 3.05) is 42.9 Å². The summed E-state index contributed by atoms with van der Waals surface area (Å²) < 4.78 is 39.7. The number of carbonyl (C=O) groups is 1. The maximum absolute atomic E-state index is 13.6. The van der Waals surface area contributed by atoms with E-state index in [4.69, 9.17) is 0 Å². The number of nitrogens with one attached hydrogen (secondary N) is 2. The number of para-hydroxylation sites is 1. The van der Waals surface area contributed by atoms with Gasteiger partial charge in [0.2, 0.25) is 0 Å². The molecule has 0 radical (unpaired) electrons. The van der Waals surface area contributed by atoms with Crippen LogP contribution in [0.5, 0.6) is 0 Å². The van der Waals surface area contributed by atoms with Gasteiger partial charge in [-0.25, -0.2) is 13.2 Å². The zero-order chi connectivity index (χ0) is 17.8. The minimum absolute atomic E-state index is 0.154. The Hall–Kier alpha value is -2.54. The Morgan fingerprint density at radius 3 is 2.36 bits per heavy atom. The topological polar surface area (TPSA) is 36.8 Å². The van der Waals surface area contributed by atoms with E-state index in [1.54, 1.807) is 0 Å². The Morgan fingerprint density at radius 2 is 1.68 bits per heavy atom. The lowest BCUT2D eigenvalue weighted by atomic mass is 10.2. The molecule has 2 aromatic rings. The Morgan fingerprint density at radius 1 is 1.00 bits per heavy atom. The number of amides is 1. The Balaban J connectivity index is 1.52. The van der Waals surface area contributed by atoms with E-state index < -0.39 is 23.4 Å². The third-order valence-electron chi connectivity index (χ3n) is 4.31. The van der Waals surface area contributed by atoms with E-state index in [2.05, 4.69) is 10.2 Å². The summed E-state index contributed by atoms with van der Waals surface area (Å²) in [4.78, 5) is 15.4. The highest BCUT2D eigenvalue weighted by Crippen LogP contribution is 2.19. The average Bonchev–Trinajstić information content (AvgIpc) is 2.63. The van der Waals surface area contributed by atoms with Crippen LogP contribution in [0, 0.1) is 17.5 Å². The number of carbonyl (C=O) groups excluding carboxylic acids is 1. The van der Waals surface area contributed by atoms with Gasteiger partial charge in [0.05, 0.1) is 31.9 Å². The molecule has 2 aromatic carbocycles. The van der Waals surface area contributed by atoms with Crippen molar-refractivity contribution in [1.82, 2.24) is 0 Å². The minimum atomic E-state index is -1.58. The first-order valence-electron chi connectivity index (χ1n) is 8.11. The first-order valence-corrected chi connectivity index (χ1v) is 8.11. The van der Waals surface area contributed by atoms with Gasteiger partial charge >= 0.3 is 0 Å². The second kappa shape index (κ2) is 7.57. The van der Waals surface area contributed by atoms with Crippen LogP contribution in [-0.2, 0) is 4.79 Å². The van der Waals surface area contributed by atoms with Crippen LogP contribution in [0.25, 0.3) is 0 Å². The minimum Gasteiger partial charge on any atom is -0.360 e. The summed E-state index contributed by atoms with van der Waals surface area (Å²) in [5, 5.41) is 2.31. The van der Waals surface area contributed by atoms with Crippen LogP contribution >= 0.6 is 0 Å². The van der Waals surface area contributed by atoms with Crippen molar-refractivity contribution < 1.29 is 22.9 Å². The molecule has 1 aliphatic heterocycles. The largest absolute Gasteiger partial charge is 0.360 e. The zero-order valence-electron chi connectivity index (χ0n) is 13.6. The highest BCUT2D eigenvalue weighted by atomic mass is 19.2. The summed E-state index contributed by atoms with van der Waals surface area (Å²) in [6.45, 7) is 3.31. The molecule has 1 amide bonds. The molecule has 1 fully saturated rings. The van der Waals surface area contributed by atoms with Crippen LogP contribution in [0.2, 0.25) is 0 Å². The van der Waals surface area contributed by atoms with Gasteiger partial charge in [-0.05, 0) is 24.3 Å². The first-order chi connectivity index (χ1) is 12.0. The van der Waals surface area contributed by atoms with Crippen LogP contribution in [0.4, 0.5) is 24.5 Å². The zero-order valence-corrected chi connectivity index (χ0v) is 13.6. The lowest BCUT2D eigenvalue weighted by Gasteiger charge is -2.33. The van der Waals surface area contributed by atoms with E-state index in [1.165, 1.54) is 0 Å². The second-order valence-corrected chi connectivity index (χ2v) is 6.02. The molecule has 0 saturated carbocycles. The summed E-state index contributed by atoms with van der Waals surface area (Å²) in [6.07, 6.45) is 0. The lowest BCUT2D eigenvalue weighted by molar-refractivity contribution is -0.892. The fourth-order valence-electron chi connectivity index (χ4n) is 2.94. The van der Waals surface area contributed by atoms with Gasteiger partial charge in [-0.3, -0.25) is 4.79 Å². The molecule has 1 heterocycles. The van der Waals surface area contributed by atoms with Gasteiger partial charge in [-0.2, -0.15) is 0 Å². The maximum Gasteiger partial charge on any atom is 0.279 e. The molecule has 132 valence electrons. The smallest absolute Gasteiger partial charge is 0.279 e. The molecule has 1 aliphatic rings. The van der Waals surface area contributed by atoms with Crippen molar-refractivity contribution in [3.63, 3.8) is 0 Å². The maximum atomic E-state index is 13.6. The van der Waals surface area contributed by atoms with Crippen molar-refractivity contribution in [1.29, 1.82) is 0 Å². The summed E-state index contributed by atoms with van der Waals surface area (Å²) in [7, 11) is 0. The van der Waals surface area contributed by atoms with Gasteiger partial charge in [0.25, 0.3) is 5.91 Å². The molecule has 1 saturated heterocycles. The van der Waals surface area contributed by atoms with E-state index in [-0.39, 0.29) is 12.2 Å². The van der Waals surface area contributed by atoms with Gasteiger partial charge < -0.3 is 15.1 Å². The second-order valence-electron chi connectivity index (χ2n) is 6.02. The van der Waals surface area contributed by atoms with Crippen LogP contribution in [0.3, 0.4) is 0 Å². The van der Waals surface area contributed by atoms with Crippen LogP contribution in [0.15, 0.2) is 42.5 Å². The molecule has 0 spiro atoms.